The highest BCUT2D eigenvalue weighted by Crippen LogP contribution is 2.46. The lowest BCUT2D eigenvalue weighted by molar-refractivity contribution is 0.385. The molecular formula is C10H19Cl. The maximum atomic E-state index is 5.77. The van der Waals surface area contributed by atoms with Gasteiger partial charge in [-0.2, -0.15) is 0 Å². The van der Waals surface area contributed by atoms with Crippen LogP contribution < -0.4 is 0 Å². The van der Waals surface area contributed by atoms with Gasteiger partial charge in [0.25, 0.3) is 0 Å². The normalized spacial score (nSPS) is 32.5. The summed E-state index contributed by atoms with van der Waals surface area (Å²) in [5.41, 5.74) is 0. The molecule has 0 saturated heterocycles. The van der Waals surface area contributed by atoms with Crippen LogP contribution in [-0.4, -0.2) is 5.88 Å². The SMILES string of the molecule is CC(C)CC(C)C1CC1CCl. The second-order valence-corrected chi connectivity index (χ2v) is 4.73. The molecule has 0 bridgehead atoms. The molecular weight excluding hydrogens is 156 g/mol. The van der Waals surface area contributed by atoms with E-state index in [1.54, 1.807) is 0 Å². The highest BCUT2D eigenvalue weighted by atomic mass is 35.5. The fourth-order valence-electron chi connectivity index (χ4n) is 2.06. The fourth-order valence-corrected chi connectivity index (χ4v) is 2.42. The van der Waals surface area contributed by atoms with E-state index in [-0.39, 0.29) is 0 Å². The van der Waals surface area contributed by atoms with Crippen molar-refractivity contribution >= 4 is 11.6 Å². The van der Waals surface area contributed by atoms with E-state index < -0.39 is 0 Å². The lowest BCUT2D eigenvalue weighted by atomic mass is 9.94. The summed E-state index contributed by atoms with van der Waals surface area (Å²) in [6.45, 7) is 6.97. The molecule has 3 atom stereocenters. The maximum Gasteiger partial charge on any atom is 0.0254 e. The summed E-state index contributed by atoms with van der Waals surface area (Å²) < 4.78 is 0. The van der Waals surface area contributed by atoms with Crippen molar-refractivity contribution in [3.63, 3.8) is 0 Å². The zero-order valence-corrected chi connectivity index (χ0v) is 8.56. The van der Waals surface area contributed by atoms with Crippen molar-refractivity contribution in [1.29, 1.82) is 0 Å². The Morgan fingerprint density at radius 2 is 2.00 bits per heavy atom. The van der Waals surface area contributed by atoms with E-state index in [4.69, 9.17) is 11.6 Å². The summed E-state index contributed by atoms with van der Waals surface area (Å²) >= 11 is 5.77. The minimum atomic E-state index is 0.849. The number of halogens is 1. The van der Waals surface area contributed by atoms with Crippen LogP contribution in [0.1, 0.15) is 33.6 Å². The van der Waals surface area contributed by atoms with Crippen LogP contribution in [0.25, 0.3) is 0 Å². The molecule has 1 aliphatic carbocycles. The van der Waals surface area contributed by atoms with Gasteiger partial charge in [-0.15, -0.1) is 11.6 Å². The molecule has 1 aliphatic rings. The predicted octanol–water partition coefficient (Wildman–Crippen LogP) is 3.54. The van der Waals surface area contributed by atoms with Crippen LogP contribution in [0.2, 0.25) is 0 Å². The van der Waals surface area contributed by atoms with Crippen LogP contribution in [0.3, 0.4) is 0 Å². The Kier molecular flexibility index (Phi) is 3.24. The zero-order valence-electron chi connectivity index (χ0n) is 7.81. The van der Waals surface area contributed by atoms with Crippen molar-refractivity contribution in [3.05, 3.63) is 0 Å². The van der Waals surface area contributed by atoms with E-state index in [0.29, 0.717) is 0 Å². The van der Waals surface area contributed by atoms with Gasteiger partial charge in [0.15, 0.2) is 0 Å². The van der Waals surface area contributed by atoms with Gasteiger partial charge < -0.3 is 0 Å². The van der Waals surface area contributed by atoms with E-state index >= 15 is 0 Å². The van der Waals surface area contributed by atoms with Crippen molar-refractivity contribution in [2.45, 2.75) is 33.6 Å². The van der Waals surface area contributed by atoms with Gasteiger partial charge in [0, 0.05) is 5.88 Å². The van der Waals surface area contributed by atoms with Crippen LogP contribution in [0.5, 0.6) is 0 Å². The first-order valence-electron chi connectivity index (χ1n) is 4.71. The summed E-state index contributed by atoms with van der Waals surface area (Å²) in [5.74, 6) is 4.44. The van der Waals surface area contributed by atoms with Crippen LogP contribution >= 0.6 is 11.6 Å². The summed E-state index contributed by atoms with van der Waals surface area (Å²) in [7, 11) is 0. The molecule has 0 spiro atoms. The summed E-state index contributed by atoms with van der Waals surface area (Å²) in [4.78, 5) is 0. The van der Waals surface area contributed by atoms with Crippen molar-refractivity contribution in [1.82, 2.24) is 0 Å². The average Bonchev–Trinajstić information content (AvgIpc) is 2.63. The first-order chi connectivity index (χ1) is 5.15. The summed E-state index contributed by atoms with van der Waals surface area (Å²) in [6, 6.07) is 0. The summed E-state index contributed by atoms with van der Waals surface area (Å²) in [5, 5.41) is 0. The molecule has 1 heteroatoms. The standard InChI is InChI=1S/C10H19Cl/c1-7(2)4-8(3)10-5-9(10)6-11/h7-10H,4-6H2,1-3H3. The number of hydrogen-bond acceptors (Lipinski definition) is 0. The minimum absolute atomic E-state index is 0.849. The molecule has 0 amide bonds. The highest BCUT2D eigenvalue weighted by Gasteiger charge is 2.39. The van der Waals surface area contributed by atoms with Crippen molar-refractivity contribution < 1.29 is 0 Å². The molecule has 0 nitrogen and oxygen atoms in total. The van der Waals surface area contributed by atoms with Crippen molar-refractivity contribution in [2.75, 3.05) is 5.88 Å². The second kappa shape index (κ2) is 3.80. The molecule has 0 radical (unpaired) electrons. The predicted molar refractivity (Wildman–Crippen MR) is 50.9 cm³/mol. The topological polar surface area (TPSA) is 0 Å². The first kappa shape index (κ1) is 9.38. The zero-order chi connectivity index (χ0) is 8.43. The number of rotatable bonds is 4. The Morgan fingerprint density at radius 3 is 2.36 bits per heavy atom. The van der Waals surface area contributed by atoms with E-state index in [1.807, 2.05) is 0 Å². The van der Waals surface area contributed by atoms with Gasteiger partial charge in [-0.05, 0) is 36.5 Å². The van der Waals surface area contributed by atoms with Crippen LogP contribution in [-0.2, 0) is 0 Å². The quantitative estimate of drug-likeness (QED) is 0.572. The number of hydrogen-bond donors (Lipinski definition) is 0. The molecule has 0 aromatic heterocycles. The third kappa shape index (κ3) is 2.66. The molecule has 0 aromatic carbocycles. The molecule has 11 heavy (non-hydrogen) atoms. The van der Waals surface area contributed by atoms with E-state index in [0.717, 1.165) is 29.6 Å². The third-order valence-electron chi connectivity index (χ3n) is 2.75. The molecule has 0 heterocycles. The van der Waals surface area contributed by atoms with Crippen LogP contribution in [0.15, 0.2) is 0 Å². The Bertz CT molecular complexity index is 120. The van der Waals surface area contributed by atoms with Gasteiger partial charge in [-0.3, -0.25) is 0 Å². The minimum Gasteiger partial charge on any atom is -0.126 e. The monoisotopic (exact) mass is 174 g/mol. The van der Waals surface area contributed by atoms with Crippen molar-refractivity contribution in [2.24, 2.45) is 23.7 Å². The molecule has 1 rings (SSSR count). The van der Waals surface area contributed by atoms with Gasteiger partial charge in [0.2, 0.25) is 0 Å². The average molecular weight is 175 g/mol. The van der Waals surface area contributed by atoms with Gasteiger partial charge in [0.05, 0.1) is 0 Å². The Labute approximate surface area is 75.3 Å². The first-order valence-corrected chi connectivity index (χ1v) is 5.24. The van der Waals surface area contributed by atoms with E-state index in [1.165, 1.54) is 12.8 Å². The van der Waals surface area contributed by atoms with Gasteiger partial charge >= 0.3 is 0 Å². The van der Waals surface area contributed by atoms with Gasteiger partial charge in [-0.1, -0.05) is 20.8 Å². The molecule has 0 aliphatic heterocycles. The largest absolute Gasteiger partial charge is 0.126 e. The lowest BCUT2D eigenvalue weighted by Gasteiger charge is -2.12. The fraction of sp³-hybridized carbons (Fsp3) is 1.00. The molecule has 0 aromatic rings. The van der Waals surface area contributed by atoms with Crippen LogP contribution in [0, 0.1) is 23.7 Å². The van der Waals surface area contributed by atoms with E-state index in [2.05, 4.69) is 20.8 Å². The molecule has 0 N–H and O–H groups in total. The lowest BCUT2D eigenvalue weighted by Crippen LogP contribution is -2.03. The number of alkyl halides is 1. The molecule has 66 valence electrons. The maximum absolute atomic E-state index is 5.77. The van der Waals surface area contributed by atoms with Gasteiger partial charge in [-0.25, -0.2) is 0 Å². The molecule has 1 fully saturated rings. The van der Waals surface area contributed by atoms with Crippen molar-refractivity contribution in [3.8, 4) is 0 Å². The molecule has 3 unspecified atom stereocenters. The van der Waals surface area contributed by atoms with Gasteiger partial charge in [0.1, 0.15) is 0 Å². The third-order valence-corrected chi connectivity index (χ3v) is 3.15. The summed E-state index contributed by atoms with van der Waals surface area (Å²) in [6.07, 6.45) is 2.76. The Hall–Kier alpha value is 0.290. The second-order valence-electron chi connectivity index (χ2n) is 4.42. The van der Waals surface area contributed by atoms with E-state index in [9.17, 15) is 0 Å². The molecule has 1 saturated carbocycles. The Morgan fingerprint density at radius 1 is 1.36 bits per heavy atom. The van der Waals surface area contributed by atoms with Crippen LogP contribution in [0.4, 0.5) is 0 Å². The highest BCUT2D eigenvalue weighted by molar-refractivity contribution is 6.18. The Balaban J connectivity index is 2.17. The smallest absolute Gasteiger partial charge is 0.0254 e.